The molecule has 0 spiro atoms. The van der Waals surface area contributed by atoms with Crippen molar-refractivity contribution in [2.75, 3.05) is 5.32 Å². The Morgan fingerprint density at radius 2 is 1.53 bits per heavy atom. The summed E-state index contributed by atoms with van der Waals surface area (Å²) >= 11 is 0. The molecule has 1 atom stereocenters. The molecule has 0 aliphatic carbocycles. The average molecular weight is 397 g/mol. The van der Waals surface area contributed by atoms with Gasteiger partial charge in [0.1, 0.15) is 0 Å². The Hall–Kier alpha value is -4.26. The number of hydrogen-bond donors (Lipinski definition) is 4. The van der Waals surface area contributed by atoms with Crippen LogP contribution in [0.3, 0.4) is 0 Å². The molecular formula is C23H19N5O2. The maximum Gasteiger partial charge on any atom is 0.290 e. The molecule has 0 fully saturated rings. The van der Waals surface area contributed by atoms with Crippen molar-refractivity contribution in [1.29, 1.82) is 10.8 Å². The van der Waals surface area contributed by atoms with E-state index in [4.69, 9.17) is 15.6 Å². The maximum atomic E-state index is 12.8. The van der Waals surface area contributed by atoms with E-state index in [1.54, 1.807) is 30.3 Å². The molecule has 148 valence electrons. The summed E-state index contributed by atoms with van der Waals surface area (Å²) < 4.78 is 5.25. The molecule has 7 nitrogen and oxygen atoms in total. The molecule has 0 saturated heterocycles. The van der Waals surface area contributed by atoms with Gasteiger partial charge in [-0.3, -0.25) is 15.6 Å². The number of ether oxygens (including phenoxy) is 1. The van der Waals surface area contributed by atoms with E-state index >= 15 is 0 Å². The Bertz CT molecular complexity index is 1130. The highest BCUT2D eigenvalue weighted by molar-refractivity contribution is 6.19. The zero-order valence-electron chi connectivity index (χ0n) is 15.9. The van der Waals surface area contributed by atoms with Crippen molar-refractivity contribution in [3.8, 4) is 0 Å². The summed E-state index contributed by atoms with van der Waals surface area (Å²) in [6.45, 7) is 0. The van der Waals surface area contributed by atoms with E-state index in [1.165, 1.54) is 0 Å². The van der Waals surface area contributed by atoms with Crippen molar-refractivity contribution in [1.82, 2.24) is 5.32 Å². The molecule has 0 radical (unpaired) electrons. The first-order valence-corrected chi connectivity index (χ1v) is 9.32. The monoisotopic (exact) mass is 397 g/mol. The van der Waals surface area contributed by atoms with Crippen LogP contribution >= 0.6 is 0 Å². The minimum Gasteiger partial charge on any atom is -0.407 e. The van der Waals surface area contributed by atoms with Crippen LogP contribution in [0.25, 0.3) is 0 Å². The summed E-state index contributed by atoms with van der Waals surface area (Å²) in [6, 6.07) is 25.3. The Balaban J connectivity index is 1.61. The van der Waals surface area contributed by atoms with E-state index in [-0.39, 0.29) is 5.90 Å². The number of anilines is 1. The number of nitrogens with one attached hydrogen (secondary N) is 4. The lowest BCUT2D eigenvalue weighted by molar-refractivity contribution is -0.117. The molecule has 1 heterocycles. The highest BCUT2D eigenvalue weighted by Crippen LogP contribution is 2.23. The van der Waals surface area contributed by atoms with Crippen LogP contribution in [0.15, 0.2) is 89.9 Å². The van der Waals surface area contributed by atoms with Gasteiger partial charge < -0.3 is 15.4 Å². The van der Waals surface area contributed by atoms with Gasteiger partial charge in [-0.15, -0.1) is 0 Å². The normalized spacial score (nSPS) is 15.1. The van der Waals surface area contributed by atoms with Crippen LogP contribution in [0.4, 0.5) is 5.69 Å². The molecular weight excluding hydrogens is 378 g/mol. The van der Waals surface area contributed by atoms with E-state index < -0.39 is 18.1 Å². The van der Waals surface area contributed by atoms with Gasteiger partial charge in [-0.05, 0) is 18.2 Å². The van der Waals surface area contributed by atoms with Crippen molar-refractivity contribution in [3.05, 3.63) is 102 Å². The van der Waals surface area contributed by atoms with Crippen LogP contribution in [0.2, 0.25) is 0 Å². The third-order valence-corrected chi connectivity index (χ3v) is 4.50. The number of para-hydroxylation sites is 1. The molecule has 7 heteroatoms. The predicted molar refractivity (Wildman–Crippen MR) is 116 cm³/mol. The Morgan fingerprint density at radius 3 is 2.27 bits per heavy atom. The third kappa shape index (κ3) is 4.10. The molecule has 4 rings (SSSR count). The highest BCUT2D eigenvalue weighted by Gasteiger charge is 2.26. The molecule has 1 aliphatic heterocycles. The number of amidine groups is 1. The zero-order chi connectivity index (χ0) is 20.9. The lowest BCUT2D eigenvalue weighted by Gasteiger charge is -2.15. The molecule has 30 heavy (non-hydrogen) atoms. The Kier molecular flexibility index (Phi) is 5.34. The number of carbonyl (C=O) groups excluding carboxylic acids is 1. The summed E-state index contributed by atoms with van der Waals surface area (Å²) in [5.41, 5.74) is 3.41. The van der Waals surface area contributed by atoms with Crippen molar-refractivity contribution in [2.24, 2.45) is 4.99 Å². The van der Waals surface area contributed by atoms with Crippen molar-refractivity contribution < 1.29 is 9.53 Å². The van der Waals surface area contributed by atoms with Gasteiger partial charge in [-0.25, -0.2) is 4.99 Å². The first kappa shape index (κ1) is 19.1. The first-order chi connectivity index (χ1) is 14.6. The highest BCUT2D eigenvalue weighted by atomic mass is 16.5. The summed E-state index contributed by atoms with van der Waals surface area (Å²) in [4.78, 5) is 17.3. The third-order valence-electron chi connectivity index (χ3n) is 4.50. The van der Waals surface area contributed by atoms with Crippen molar-refractivity contribution >= 4 is 29.2 Å². The number of carbonyl (C=O) groups is 1. The summed E-state index contributed by atoms with van der Waals surface area (Å²) in [5.74, 6) is -0.620. The van der Waals surface area contributed by atoms with Gasteiger partial charge in [0.2, 0.25) is 12.1 Å². The van der Waals surface area contributed by atoms with E-state index in [0.717, 1.165) is 11.1 Å². The molecule has 1 unspecified atom stereocenters. The summed E-state index contributed by atoms with van der Waals surface area (Å²) in [5, 5.41) is 21.6. The van der Waals surface area contributed by atoms with Gasteiger partial charge >= 0.3 is 0 Å². The number of benzodiazepines with no additional fused rings is 1. The second-order valence-corrected chi connectivity index (χ2v) is 6.55. The van der Waals surface area contributed by atoms with E-state index in [2.05, 4.69) is 15.6 Å². The predicted octanol–water partition coefficient (Wildman–Crippen LogP) is 3.37. The van der Waals surface area contributed by atoms with E-state index in [1.807, 2.05) is 54.6 Å². The maximum absolute atomic E-state index is 12.8. The fourth-order valence-corrected chi connectivity index (χ4v) is 3.09. The molecule has 0 saturated carbocycles. The molecule has 1 amide bonds. The van der Waals surface area contributed by atoms with Crippen LogP contribution in [0, 0.1) is 10.8 Å². The minimum atomic E-state index is -1.09. The van der Waals surface area contributed by atoms with Crippen LogP contribution in [0.5, 0.6) is 0 Å². The lowest BCUT2D eigenvalue weighted by atomic mass is 10.0. The van der Waals surface area contributed by atoms with Gasteiger partial charge in [-0.2, -0.15) is 0 Å². The fourth-order valence-electron chi connectivity index (χ4n) is 3.09. The fraction of sp³-hybridized carbons (Fsp3) is 0.0435. The van der Waals surface area contributed by atoms with Crippen LogP contribution in [-0.4, -0.2) is 29.7 Å². The SMILES string of the molecule is N=C(NC1N=C(c2ccccc2)c2ccccc2NC1=O)OC(=N)c1ccccc1. The lowest BCUT2D eigenvalue weighted by Crippen LogP contribution is -2.43. The van der Waals surface area contributed by atoms with Gasteiger partial charge in [-0.1, -0.05) is 66.7 Å². The van der Waals surface area contributed by atoms with E-state index in [9.17, 15) is 4.79 Å². The first-order valence-electron chi connectivity index (χ1n) is 9.32. The van der Waals surface area contributed by atoms with Gasteiger partial charge in [0, 0.05) is 16.7 Å². The van der Waals surface area contributed by atoms with Crippen LogP contribution in [-0.2, 0) is 9.53 Å². The van der Waals surface area contributed by atoms with E-state index in [0.29, 0.717) is 17.0 Å². The topological polar surface area (TPSA) is 110 Å². The Morgan fingerprint density at radius 1 is 0.900 bits per heavy atom. The molecule has 3 aromatic rings. The van der Waals surface area contributed by atoms with Crippen LogP contribution in [0.1, 0.15) is 16.7 Å². The summed E-state index contributed by atoms with van der Waals surface area (Å²) in [7, 11) is 0. The number of rotatable bonds is 3. The second kappa shape index (κ2) is 8.40. The molecule has 0 aromatic heterocycles. The summed E-state index contributed by atoms with van der Waals surface area (Å²) in [6.07, 6.45) is -1.09. The average Bonchev–Trinajstić information content (AvgIpc) is 2.91. The zero-order valence-corrected chi connectivity index (χ0v) is 15.9. The van der Waals surface area contributed by atoms with Gasteiger partial charge in [0.15, 0.2) is 0 Å². The Labute approximate surface area is 173 Å². The number of benzene rings is 3. The number of amides is 1. The number of aliphatic imine (C=N–C) groups is 1. The van der Waals surface area contributed by atoms with Crippen molar-refractivity contribution in [3.63, 3.8) is 0 Å². The molecule has 3 aromatic carbocycles. The molecule has 4 N–H and O–H groups in total. The van der Waals surface area contributed by atoms with Crippen LogP contribution < -0.4 is 10.6 Å². The van der Waals surface area contributed by atoms with Gasteiger partial charge in [0.25, 0.3) is 11.9 Å². The smallest absolute Gasteiger partial charge is 0.290 e. The quantitative estimate of drug-likeness (QED) is 0.402. The van der Waals surface area contributed by atoms with Gasteiger partial charge in [0.05, 0.1) is 11.4 Å². The molecule has 1 aliphatic rings. The number of fused-ring (bicyclic) bond motifs is 1. The second-order valence-electron chi connectivity index (χ2n) is 6.55. The largest absolute Gasteiger partial charge is 0.407 e. The number of nitrogens with zero attached hydrogens (tertiary/aromatic N) is 1. The number of hydrogen-bond acceptors (Lipinski definition) is 5. The van der Waals surface area contributed by atoms with Crippen molar-refractivity contribution in [2.45, 2.75) is 6.17 Å². The standard InChI is InChI=1S/C23H19N5O2/c24-20(16-11-5-2-6-12-16)30-23(25)28-21-22(29)26-18-14-8-7-13-17(18)19(27-21)15-9-3-1-4-10-15/h1-14,21,24H,(H2,25,28)(H,26,29). The molecule has 0 bridgehead atoms. The minimum absolute atomic E-state index is 0.197.